The number of hydrogen-bond donors (Lipinski definition) is 2. The zero-order valence-corrected chi connectivity index (χ0v) is 11.1. The lowest BCUT2D eigenvalue weighted by molar-refractivity contribution is -0.123. The average molecular weight is 277 g/mol. The van der Waals surface area contributed by atoms with E-state index in [0.29, 0.717) is 25.8 Å². The Morgan fingerprint density at radius 1 is 1.58 bits per heavy atom. The van der Waals surface area contributed by atoms with E-state index in [1.165, 1.54) is 0 Å². The summed E-state index contributed by atoms with van der Waals surface area (Å²) < 4.78 is 31.2. The largest absolute Gasteiger partial charge is 0.379 e. The van der Waals surface area contributed by atoms with Crippen LogP contribution in [0.25, 0.3) is 0 Å². The summed E-state index contributed by atoms with van der Waals surface area (Å²) in [6, 6.07) is -0.434. The summed E-state index contributed by atoms with van der Waals surface area (Å²) in [5.74, 6) is -3.10. The number of nitrogens with one attached hydrogen (secondary N) is 2. The van der Waals surface area contributed by atoms with Crippen LogP contribution in [0, 0.1) is 0 Å². The molecule has 2 N–H and O–H groups in total. The molecule has 2 rings (SSSR count). The van der Waals surface area contributed by atoms with Crippen LogP contribution >= 0.6 is 0 Å². The summed E-state index contributed by atoms with van der Waals surface area (Å²) in [5.41, 5.74) is 0. The van der Waals surface area contributed by atoms with Gasteiger partial charge in [-0.3, -0.25) is 15.0 Å². The summed E-state index contributed by atoms with van der Waals surface area (Å²) in [6.07, 6.45) is -0.410. The lowest BCUT2D eigenvalue weighted by Crippen LogP contribution is -2.48. The van der Waals surface area contributed by atoms with E-state index in [1.807, 2.05) is 0 Å². The molecular formula is C12H21F2N3O2. The van der Waals surface area contributed by atoms with Crippen LogP contribution in [0.15, 0.2) is 0 Å². The van der Waals surface area contributed by atoms with Gasteiger partial charge in [0.1, 0.15) is 0 Å². The number of morpholine rings is 1. The lowest BCUT2D eigenvalue weighted by atomic mass is 10.2. The van der Waals surface area contributed by atoms with Gasteiger partial charge in [0, 0.05) is 32.1 Å². The van der Waals surface area contributed by atoms with Crippen molar-refractivity contribution in [1.29, 1.82) is 0 Å². The molecule has 0 aromatic heterocycles. The minimum Gasteiger partial charge on any atom is -0.379 e. The number of rotatable bonds is 4. The predicted octanol–water partition coefficient (Wildman–Crippen LogP) is -0.179. The lowest BCUT2D eigenvalue weighted by Gasteiger charge is -2.33. The van der Waals surface area contributed by atoms with Crippen LogP contribution in [-0.4, -0.2) is 68.2 Å². The third-order valence-corrected chi connectivity index (χ3v) is 3.63. The molecule has 5 nitrogen and oxygen atoms in total. The third-order valence-electron chi connectivity index (χ3n) is 3.63. The molecule has 2 fully saturated rings. The summed E-state index contributed by atoms with van der Waals surface area (Å²) in [4.78, 5) is 13.9. The Balaban J connectivity index is 1.67. The van der Waals surface area contributed by atoms with Gasteiger partial charge in [-0.2, -0.15) is 0 Å². The zero-order chi connectivity index (χ0) is 13.9. The fourth-order valence-corrected chi connectivity index (χ4v) is 2.44. The summed E-state index contributed by atoms with van der Waals surface area (Å²) in [6.45, 7) is 5.10. The molecule has 110 valence electrons. The maximum absolute atomic E-state index is 13.0. The van der Waals surface area contributed by atoms with Crippen LogP contribution in [0.5, 0.6) is 0 Å². The van der Waals surface area contributed by atoms with E-state index >= 15 is 0 Å². The van der Waals surface area contributed by atoms with Crippen molar-refractivity contribution in [2.24, 2.45) is 0 Å². The average Bonchev–Trinajstić information content (AvgIpc) is 2.72. The highest BCUT2D eigenvalue weighted by molar-refractivity contribution is 5.82. The molecule has 7 heteroatoms. The van der Waals surface area contributed by atoms with Gasteiger partial charge in [0.2, 0.25) is 5.91 Å². The number of carbonyl (C=O) groups is 1. The van der Waals surface area contributed by atoms with Crippen molar-refractivity contribution in [2.45, 2.75) is 31.4 Å². The van der Waals surface area contributed by atoms with Gasteiger partial charge in [0.05, 0.1) is 25.8 Å². The first-order valence-corrected chi connectivity index (χ1v) is 6.69. The Morgan fingerprint density at radius 2 is 2.37 bits per heavy atom. The first kappa shape index (κ1) is 14.6. The molecule has 0 aromatic rings. The Hall–Kier alpha value is -0.790. The highest BCUT2D eigenvalue weighted by atomic mass is 19.3. The van der Waals surface area contributed by atoms with E-state index in [4.69, 9.17) is 4.74 Å². The Bertz CT molecular complexity index is 328. The van der Waals surface area contributed by atoms with Crippen LogP contribution in [0.2, 0.25) is 0 Å². The standard InChI is InChI=1S/C12H21F2N3O2/c1-9-7-19-5-4-17(9)3-2-15-11(18)10-6-12(13,14)8-16-10/h9-10,16H,2-8H2,1H3,(H,15,18). The second-order valence-electron chi connectivity index (χ2n) is 5.24. The first-order valence-electron chi connectivity index (χ1n) is 6.69. The maximum atomic E-state index is 13.0. The molecule has 0 aliphatic carbocycles. The summed E-state index contributed by atoms with van der Waals surface area (Å²) >= 11 is 0. The van der Waals surface area contributed by atoms with Crippen molar-refractivity contribution in [3.63, 3.8) is 0 Å². The van der Waals surface area contributed by atoms with Crippen molar-refractivity contribution in [3.05, 3.63) is 0 Å². The highest BCUT2D eigenvalue weighted by Crippen LogP contribution is 2.24. The van der Waals surface area contributed by atoms with Gasteiger partial charge in [0.25, 0.3) is 5.92 Å². The van der Waals surface area contributed by atoms with E-state index in [1.54, 1.807) is 0 Å². The molecule has 19 heavy (non-hydrogen) atoms. The topological polar surface area (TPSA) is 53.6 Å². The van der Waals surface area contributed by atoms with E-state index in [0.717, 1.165) is 13.1 Å². The summed E-state index contributed by atoms with van der Waals surface area (Å²) in [7, 11) is 0. The van der Waals surface area contributed by atoms with Crippen LogP contribution in [-0.2, 0) is 9.53 Å². The zero-order valence-electron chi connectivity index (χ0n) is 11.1. The van der Waals surface area contributed by atoms with Crippen LogP contribution in [0.3, 0.4) is 0 Å². The number of carbonyl (C=O) groups excluding carboxylic acids is 1. The molecule has 0 bridgehead atoms. The van der Waals surface area contributed by atoms with Gasteiger partial charge >= 0.3 is 0 Å². The SMILES string of the molecule is CC1COCCN1CCNC(=O)C1CC(F)(F)CN1. The number of ether oxygens (including phenoxy) is 1. The quantitative estimate of drug-likeness (QED) is 0.748. The summed E-state index contributed by atoms with van der Waals surface area (Å²) in [5, 5.41) is 5.26. The van der Waals surface area contributed by atoms with Gasteiger partial charge in [0.15, 0.2) is 0 Å². The van der Waals surface area contributed by atoms with Gasteiger partial charge in [-0.25, -0.2) is 8.78 Å². The molecular weight excluding hydrogens is 256 g/mol. The van der Waals surface area contributed by atoms with Crippen LogP contribution in [0.1, 0.15) is 13.3 Å². The highest BCUT2D eigenvalue weighted by Gasteiger charge is 2.42. The molecule has 2 aliphatic heterocycles. The Morgan fingerprint density at radius 3 is 3.00 bits per heavy atom. The number of alkyl halides is 2. The van der Waals surface area contributed by atoms with Gasteiger partial charge in [-0.15, -0.1) is 0 Å². The third kappa shape index (κ3) is 4.09. The molecule has 2 atom stereocenters. The first-order chi connectivity index (χ1) is 8.98. The van der Waals surface area contributed by atoms with Gasteiger partial charge in [-0.05, 0) is 6.92 Å². The number of nitrogens with zero attached hydrogens (tertiary/aromatic N) is 1. The minimum absolute atomic E-state index is 0.333. The maximum Gasteiger partial charge on any atom is 0.262 e. The number of hydrogen-bond acceptors (Lipinski definition) is 4. The monoisotopic (exact) mass is 277 g/mol. The minimum atomic E-state index is -2.76. The smallest absolute Gasteiger partial charge is 0.262 e. The van der Waals surface area contributed by atoms with Crippen LogP contribution in [0.4, 0.5) is 8.78 Å². The molecule has 2 aliphatic rings. The Kier molecular flexibility index (Phi) is 4.70. The van der Waals surface area contributed by atoms with E-state index in [-0.39, 0.29) is 5.91 Å². The predicted molar refractivity (Wildman–Crippen MR) is 66.2 cm³/mol. The van der Waals surface area contributed by atoms with Crippen molar-refractivity contribution in [1.82, 2.24) is 15.5 Å². The molecule has 0 radical (unpaired) electrons. The second-order valence-corrected chi connectivity index (χ2v) is 5.24. The molecule has 2 unspecified atom stereocenters. The molecule has 2 heterocycles. The van der Waals surface area contributed by atoms with E-state index < -0.39 is 24.9 Å². The fourth-order valence-electron chi connectivity index (χ4n) is 2.44. The van der Waals surface area contributed by atoms with Crippen molar-refractivity contribution < 1.29 is 18.3 Å². The Labute approximate surface area is 111 Å². The molecule has 2 saturated heterocycles. The molecule has 0 saturated carbocycles. The van der Waals surface area contributed by atoms with Crippen LogP contribution < -0.4 is 10.6 Å². The van der Waals surface area contributed by atoms with E-state index in [9.17, 15) is 13.6 Å². The number of halogens is 2. The van der Waals surface area contributed by atoms with E-state index in [2.05, 4.69) is 22.5 Å². The molecule has 1 amide bonds. The second kappa shape index (κ2) is 6.11. The van der Waals surface area contributed by atoms with Crippen molar-refractivity contribution in [2.75, 3.05) is 39.4 Å². The van der Waals surface area contributed by atoms with Crippen molar-refractivity contribution >= 4 is 5.91 Å². The van der Waals surface area contributed by atoms with Crippen molar-refractivity contribution in [3.8, 4) is 0 Å². The molecule has 0 spiro atoms. The number of amides is 1. The normalized spacial score (nSPS) is 31.3. The van der Waals surface area contributed by atoms with Gasteiger partial charge in [-0.1, -0.05) is 0 Å². The molecule has 0 aromatic carbocycles. The van der Waals surface area contributed by atoms with Gasteiger partial charge < -0.3 is 10.1 Å². The fraction of sp³-hybridized carbons (Fsp3) is 0.917.